The molecule has 3 heterocycles. The number of amides is 2. The summed E-state index contributed by atoms with van der Waals surface area (Å²) in [7, 11) is 0. The fraction of sp³-hybridized carbons (Fsp3) is 0.524. The van der Waals surface area contributed by atoms with Crippen LogP contribution >= 0.6 is 11.6 Å². The maximum Gasteiger partial charge on any atom is 0.318 e. The number of aliphatic imine (C=N–C) groups is 1. The molecule has 0 aromatic heterocycles. The number of benzene rings is 1. The van der Waals surface area contributed by atoms with E-state index in [-0.39, 0.29) is 23.9 Å². The number of urea groups is 1. The number of carbonyl (C=O) groups is 1. The van der Waals surface area contributed by atoms with E-state index >= 15 is 0 Å². The van der Waals surface area contributed by atoms with E-state index in [0.29, 0.717) is 18.2 Å². The van der Waals surface area contributed by atoms with Crippen LogP contribution in [0.4, 0.5) is 9.18 Å². The SMILES string of the molecule is CC1(C)C2=C(CN1C(=O)NCc1ccc(Cl)c(F)c1)NC(NC1CCOCC1)N=C2. The first-order valence-corrected chi connectivity index (χ1v) is 10.6. The van der Waals surface area contributed by atoms with Gasteiger partial charge in [-0.25, -0.2) is 9.18 Å². The van der Waals surface area contributed by atoms with Gasteiger partial charge in [-0.15, -0.1) is 0 Å². The van der Waals surface area contributed by atoms with Gasteiger partial charge in [0, 0.05) is 43.3 Å². The Morgan fingerprint density at radius 2 is 2.17 bits per heavy atom. The molecule has 9 heteroatoms. The molecule has 1 unspecified atom stereocenters. The summed E-state index contributed by atoms with van der Waals surface area (Å²) in [6.07, 6.45) is 3.59. The number of nitrogens with one attached hydrogen (secondary N) is 3. The smallest absolute Gasteiger partial charge is 0.318 e. The van der Waals surface area contributed by atoms with Crippen molar-refractivity contribution in [2.45, 2.75) is 51.1 Å². The number of hydrogen-bond acceptors (Lipinski definition) is 5. The molecule has 4 rings (SSSR count). The van der Waals surface area contributed by atoms with E-state index in [0.717, 1.165) is 37.3 Å². The second-order valence-corrected chi connectivity index (χ2v) is 8.73. The molecular formula is C21H27ClFN5O2. The van der Waals surface area contributed by atoms with Gasteiger partial charge in [0.25, 0.3) is 0 Å². The van der Waals surface area contributed by atoms with E-state index in [4.69, 9.17) is 16.3 Å². The zero-order valence-corrected chi connectivity index (χ0v) is 17.9. The third kappa shape index (κ3) is 4.31. The van der Waals surface area contributed by atoms with E-state index in [1.54, 1.807) is 11.0 Å². The maximum absolute atomic E-state index is 13.6. The molecule has 1 saturated heterocycles. The fourth-order valence-corrected chi connectivity index (χ4v) is 4.20. The van der Waals surface area contributed by atoms with Crippen molar-refractivity contribution in [2.75, 3.05) is 19.8 Å². The van der Waals surface area contributed by atoms with Crippen LogP contribution in [0.2, 0.25) is 5.02 Å². The van der Waals surface area contributed by atoms with Crippen LogP contribution in [0.15, 0.2) is 34.5 Å². The van der Waals surface area contributed by atoms with Crippen LogP contribution in [-0.2, 0) is 11.3 Å². The molecule has 0 spiro atoms. The number of halogens is 2. The Labute approximate surface area is 180 Å². The Kier molecular flexibility index (Phi) is 5.99. The second-order valence-electron chi connectivity index (χ2n) is 8.32. The molecule has 0 bridgehead atoms. The first kappa shape index (κ1) is 21.1. The zero-order valence-electron chi connectivity index (χ0n) is 17.2. The van der Waals surface area contributed by atoms with Crippen LogP contribution in [-0.4, -0.2) is 54.8 Å². The third-order valence-corrected chi connectivity index (χ3v) is 6.23. The van der Waals surface area contributed by atoms with Crippen molar-refractivity contribution >= 4 is 23.8 Å². The van der Waals surface area contributed by atoms with Crippen LogP contribution in [0.25, 0.3) is 0 Å². The zero-order chi connectivity index (χ0) is 21.3. The van der Waals surface area contributed by atoms with Crippen LogP contribution in [0.1, 0.15) is 32.3 Å². The Balaban J connectivity index is 1.36. The highest BCUT2D eigenvalue weighted by Gasteiger charge is 2.43. The number of rotatable bonds is 4. The molecule has 0 aliphatic carbocycles. The quantitative estimate of drug-likeness (QED) is 0.679. The molecule has 162 valence electrons. The molecule has 0 radical (unpaired) electrons. The van der Waals surface area contributed by atoms with Crippen LogP contribution < -0.4 is 16.0 Å². The molecule has 1 aromatic rings. The van der Waals surface area contributed by atoms with Crippen molar-refractivity contribution < 1.29 is 13.9 Å². The molecule has 7 nitrogen and oxygen atoms in total. The van der Waals surface area contributed by atoms with Gasteiger partial charge in [-0.2, -0.15) is 0 Å². The van der Waals surface area contributed by atoms with E-state index in [9.17, 15) is 9.18 Å². The molecule has 1 aromatic carbocycles. The summed E-state index contributed by atoms with van der Waals surface area (Å²) >= 11 is 5.72. The van der Waals surface area contributed by atoms with Crippen molar-refractivity contribution in [3.63, 3.8) is 0 Å². The first-order chi connectivity index (χ1) is 14.3. The van der Waals surface area contributed by atoms with Gasteiger partial charge in [0.15, 0.2) is 6.29 Å². The van der Waals surface area contributed by atoms with Gasteiger partial charge < -0.3 is 20.3 Å². The van der Waals surface area contributed by atoms with Crippen LogP contribution in [0.5, 0.6) is 0 Å². The van der Waals surface area contributed by atoms with E-state index in [2.05, 4.69) is 20.9 Å². The molecular weight excluding hydrogens is 409 g/mol. The van der Waals surface area contributed by atoms with Gasteiger partial charge in [0.1, 0.15) is 5.82 Å². The second kappa shape index (κ2) is 8.53. The Hall–Kier alpha value is -2.16. The fourth-order valence-electron chi connectivity index (χ4n) is 4.09. The Morgan fingerprint density at radius 3 is 2.90 bits per heavy atom. The minimum absolute atomic E-state index is 0.0666. The summed E-state index contributed by atoms with van der Waals surface area (Å²) in [5.41, 5.74) is 2.14. The molecule has 3 N–H and O–H groups in total. The highest BCUT2D eigenvalue weighted by atomic mass is 35.5. The van der Waals surface area contributed by atoms with Gasteiger partial charge in [-0.05, 0) is 44.4 Å². The molecule has 1 fully saturated rings. The normalized spacial score (nSPS) is 23.3. The standard InChI is InChI=1S/C21H27ClFN5O2/c1-21(2)15-11-24-19(26-14-5-7-30-8-6-14)27-18(15)12-28(21)20(29)25-10-13-3-4-16(22)17(23)9-13/h3-4,9,11,14,19,26-27H,5-8,10,12H2,1-2H3,(H,25,29). The van der Waals surface area contributed by atoms with Crippen molar-refractivity contribution in [1.29, 1.82) is 0 Å². The van der Waals surface area contributed by atoms with Crippen molar-refractivity contribution in [1.82, 2.24) is 20.9 Å². The third-order valence-electron chi connectivity index (χ3n) is 5.93. The maximum atomic E-state index is 13.6. The van der Waals surface area contributed by atoms with Gasteiger partial charge in [0.05, 0.1) is 17.1 Å². The predicted octanol–water partition coefficient (Wildman–Crippen LogP) is 2.76. The molecule has 0 saturated carbocycles. The molecule has 3 aliphatic rings. The Bertz CT molecular complexity index is 882. The predicted molar refractivity (Wildman–Crippen MR) is 114 cm³/mol. The van der Waals surface area contributed by atoms with Crippen molar-refractivity contribution in [3.05, 3.63) is 45.9 Å². The van der Waals surface area contributed by atoms with Crippen molar-refractivity contribution in [2.24, 2.45) is 4.99 Å². The largest absolute Gasteiger partial charge is 0.381 e. The van der Waals surface area contributed by atoms with E-state index in [1.807, 2.05) is 20.1 Å². The Morgan fingerprint density at radius 1 is 1.40 bits per heavy atom. The number of ether oxygens (including phenoxy) is 1. The lowest BCUT2D eigenvalue weighted by atomic mass is 9.95. The summed E-state index contributed by atoms with van der Waals surface area (Å²) in [5.74, 6) is -0.495. The monoisotopic (exact) mass is 435 g/mol. The van der Waals surface area contributed by atoms with Crippen LogP contribution in [0.3, 0.4) is 0 Å². The summed E-state index contributed by atoms with van der Waals surface area (Å²) < 4.78 is 19.0. The number of hydrogen-bond donors (Lipinski definition) is 3. The summed E-state index contributed by atoms with van der Waals surface area (Å²) in [6.45, 7) is 6.20. The van der Waals surface area contributed by atoms with Crippen molar-refractivity contribution in [3.8, 4) is 0 Å². The summed E-state index contributed by atoms with van der Waals surface area (Å²) in [5, 5.41) is 9.89. The summed E-state index contributed by atoms with van der Waals surface area (Å²) in [4.78, 5) is 19.3. The van der Waals surface area contributed by atoms with E-state index in [1.165, 1.54) is 12.1 Å². The van der Waals surface area contributed by atoms with Gasteiger partial charge in [-0.3, -0.25) is 10.3 Å². The van der Waals surface area contributed by atoms with Gasteiger partial charge in [-0.1, -0.05) is 17.7 Å². The lowest BCUT2D eigenvalue weighted by Gasteiger charge is -2.33. The highest BCUT2D eigenvalue weighted by molar-refractivity contribution is 6.30. The number of nitrogens with zero attached hydrogens (tertiary/aromatic N) is 2. The van der Waals surface area contributed by atoms with Gasteiger partial charge >= 0.3 is 6.03 Å². The lowest BCUT2D eigenvalue weighted by Crippen LogP contribution is -2.49. The first-order valence-electron chi connectivity index (χ1n) is 10.2. The van der Waals surface area contributed by atoms with Crippen LogP contribution in [0, 0.1) is 5.82 Å². The van der Waals surface area contributed by atoms with Gasteiger partial charge in [0.2, 0.25) is 0 Å². The minimum Gasteiger partial charge on any atom is -0.381 e. The highest BCUT2D eigenvalue weighted by Crippen LogP contribution is 2.34. The lowest BCUT2D eigenvalue weighted by molar-refractivity contribution is 0.0742. The summed E-state index contributed by atoms with van der Waals surface area (Å²) in [6, 6.07) is 4.68. The average Bonchev–Trinajstić information content (AvgIpc) is 2.99. The molecule has 3 aliphatic heterocycles. The average molecular weight is 436 g/mol. The molecule has 2 amide bonds. The molecule has 1 atom stereocenters. The topological polar surface area (TPSA) is 78.0 Å². The minimum atomic E-state index is -0.509. The number of carbonyl (C=O) groups excluding carboxylic acids is 1. The molecule has 30 heavy (non-hydrogen) atoms. The van der Waals surface area contributed by atoms with E-state index < -0.39 is 11.4 Å².